The van der Waals surface area contributed by atoms with Gasteiger partial charge in [-0.3, -0.25) is 14.5 Å². The second kappa shape index (κ2) is 7.70. The maximum Gasteiger partial charge on any atom is 0.317 e. The van der Waals surface area contributed by atoms with Crippen LogP contribution in [-0.2, 0) is 4.79 Å². The molecule has 1 aromatic carbocycles. The number of carbonyl (C=O) groups excluding carboxylic acids is 1. The van der Waals surface area contributed by atoms with E-state index >= 15 is 0 Å². The number of halogens is 1. The van der Waals surface area contributed by atoms with E-state index in [1.807, 2.05) is 11.8 Å². The third kappa shape index (κ3) is 3.94. The van der Waals surface area contributed by atoms with Gasteiger partial charge in [-0.2, -0.15) is 0 Å². The Morgan fingerprint density at radius 1 is 1.27 bits per heavy atom. The van der Waals surface area contributed by atoms with Crippen LogP contribution in [0.2, 0.25) is 0 Å². The lowest BCUT2D eigenvalue weighted by Crippen LogP contribution is -2.54. The summed E-state index contributed by atoms with van der Waals surface area (Å²) in [5.74, 6) is -1.18. The number of furan rings is 1. The summed E-state index contributed by atoms with van der Waals surface area (Å²) >= 11 is 0. The summed E-state index contributed by atoms with van der Waals surface area (Å²) in [7, 11) is 0. The van der Waals surface area contributed by atoms with Crippen LogP contribution in [0.15, 0.2) is 40.8 Å². The number of likely N-dealkylation sites (N-methyl/N-ethyl adjacent to an activating group) is 1. The van der Waals surface area contributed by atoms with Crippen LogP contribution >= 0.6 is 0 Å². The van der Waals surface area contributed by atoms with Crippen molar-refractivity contribution in [2.45, 2.75) is 31.8 Å². The standard InChI is InChI=1S/C19H21FN2O4/c1-2-22(11-18(23)24)13-9-12(10-13)21-19(25)17-8-7-16(26-17)14-5-3-4-6-15(14)20/h3-8,12-13H,2,9-11H2,1H3,(H,21,25)(H,23,24). The number of carboxylic acid groups (broad SMARTS) is 1. The monoisotopic (exact) mass is 360 g/mol. The fraction of sp³-hybridized carbons (Fsp3) is 0.368. The minimum Gasteiger partial charge on any atom is -0.480 e. The van der Waals surface area contributed by atoms with E-state index < -0.39 is 11.8 Å². The van der Waals surface area contributed by atoms with E-state index in [4.69, 9.17) is 9.52 Å². The summed E-state index contributed by atoms with van der Waals surface area (Å²) < 4.78 is 19.3. The zero-order valence-electron chi connectivity index (χ0n) is 14.4. The number of benzene rings is 1. The quantitative estimate of drug-likeness (QED) is 0.793. The second-order valence-corrected chi connectivity index (χ2v) is 6.40. The Morgan fingerprint density at radius 2 is 2.00 bits per heavy atom. The first kappa shape index (κ1) is 18.1. The molecule has 1 fully saturated rings. The molecule has 0 radical (unpaired) electrons. The van der Waals surface area contributed by atoms with E-state index in [0.29, 0.717) is 30.7 Å². The molecule has 1 aromatic heterocycles. The SMILES string of the molecule is CCN(CC(=O)O)C1CC(NC(=O)c2ccc(-c3ccccc3F)o2)C1. The van der Waals surface area contributed by atoms with Gasteiger partial charge >= 0.3 is 5.97 Å². The summed E-state index contributed by atoms with van der Waals surface area (Å²) in [6.07, 6.45) is 1.40. The molecule has 26 heavy (non-hydrogen) atoms. The molecular weight excluding hydrogens is 339 g/mol. The Labute approximate surface area is 150 Å². The number of carboxylic acids is 1. The molecule has 6 nitrogen and oxygen atoms in total. The third-order valence-corrected chi connectivity index (χ3v) is 4.68. The lowest BCUT2D eigenvalue weighted by molar-refractivity contribution is -0.139. The topological polar surface area (TPSA) is 82.8 Å². The van der Waals surface area contributed by atoms with Crippen molar-refractivity contribution in [2.24, 2.45) is 0 Å². The Kier molecular flexibility index (Phi) is 5.37. The summed E-state index contributed by atoms with van der Waals surface area (Å²) in [4.78, 5) is 25.0. The predicted octanol–water partition coefficient (Wildman–Crippen LogP) is 2.75. The molecule has 1 saturated carbocycles. The highest BCUT2D eigenvalue weighted by Crippen LogP contribution is 2.27. The van der Waals surface area contributed by atoms with Crippen molar-refractivity contribution in [3.05, 3.63) is 48.0 Å². The summed E-state index contributed by atoms with van der Waals surface area (Å²) in [5, 5.41) is 11.8. The van der Waals surface area contributed by atoms with Crippen LogP contribution in [0.3, 0.4) is 0 Å². The average Bonchev–Trinajstić information content (AvgIpc) is 3.06. The number of nitrogens with one attached hydrogen (secondary N) is 1. The van der Waals surface area contributed by atoms with Gasteiger partial charge in [0, 0.05) is 12.1 Å². The molecule has 0 bridgehead atoms. The zero-order chi connectivity index (χ0) is 18.7. The molecule has 1 aliphatic carbocycles. The first-order valence-electron chi connectivity index (χ1n) is 8.59. The van der Waals surface area contributed by atoms with Crippen LogP contribution in [-0.4, -0.2) is 47.1 Å². The van der Waals surface area contributed by atoms with E-state index in [1.165, 1.54) is 12.1 Å². The molecule has 138 valence electrons. The molecule has 0 unspecified atom stereocenters. The van der Waals surface area contributed by atoms with Crippen LogP contribution in [0, 0.1) is 5.82 Å². The number of hydrogen-bond acceptors (Lipinski definition) is 4. The maximum absolute atomic E-state index is 13.8. The lowest BCUT2D eigenvalue weighted by atomic mass is 9.85. The van der Waals surface area contributed by atoms with Gasteiger partial charge in [0.15, 0.2) is 5.76 Å². The van der Waals surface area contributed by atoms with Crippen LogP contribution in [0.25, 0.3) is 11.3 Å². The number of amides is 1. The van der Waals surface area contributed by atoms with Gasteiger partial charge in [-0.05, 0) is 43.7 Å². The summed E-state index contributed by atoms with van der Waals surface area (Å²) in [5.41, 5.74) is 0.308. The van der Waals surface area contributed by atoms with Crippen LogP contribution in [0.5, 0.6) is 0 Å². The van der Waals surface area contributed by atoms with E-state index in [-0.39, 0.29) is 30.3 Å². The van der Waals surface area contributed by atoms with Gasteiger partial charge in [0.2, 0.25) is 0 Å². The molecule has 2 aromatic rings. The van der Waals surface area contributed by atoms with Crippen molar-refractivity contribution in [1.82, 2.24) is 10.2 Å². The van der Waals surface area contributed by atoms with E-state index in [0.717, 1.165) is 0 Å². The molecule has 3 rings (SSSR count). The molecule has 7 heteroatoms. The van der Waals surface area contributed by atoms with E-state index in [9.17, 15) is 14.0 Å². The Morgan fingerprint density at radius 3 is 2.65 bits per heavy atom. The van der Waals surface area contributed by atoms with Gasteiger partial charge in [-0.1, -0.05) is 19.1 Å². The number of aliphatic carboxylic acids is 1. The van der Waals surface area contributed by atoms with E-state index in [2.05, 4.69) is 5.32 Å². The van der Waals surface area contributed by atoms with Gasteiger partial charge < -0.3 is 14.8 Å². The van der Waals surface area contributed by atoms with Crippen LogP contribution < -0.4 is 5.32 Å². The van der Waals surface area contributed by atoms with Crippen molar-refractivity contribution in [2.75, 3.05) is 13.1 Å². The van der Waals surface area contributed by atoms with Gasteiger partial charge in [-0.15, -0.1) is 0 Å². The fourth-order valence-corrected chi connectivity index (χ4v) is 3.20. The Balaban J connectivity index is 1.56. The third-order valence-electron chi connectivity index (χ3n) is 4.68. The van der Waals surface area contributed by atoms with Crippen molar-refractivity contribution in [3.63, 3.8) is 0 Å². The molecule has 0 spiro atoms. The van der Waals surface area contributed by atoms with Crippen molar-refractivity contribution in [1.29, 1.82) is 0 Å². The average molecular weight is 360 g/mol. The van der Waals surface area contributed by atoms with Gasteiger partial charge in [0.1, 0.15) is 11.6 Å². The number of carbonyl (C=O) groups is 2. The van der Waals surface area contributed by atoms with Gasteiger partial charge in [0.05, 0.1) is 12.1 Å². The minimum atomic E-state index is -0.851. The van der Waals surface area contributed by atoms with Gasteiger partial charge in [-0.25, -0.2) is 4.39 Å². The Bertz CT molecular complexity index is 798. The largest absolute Gasteiger partial charge is 0.480 e. The van der Waals surface area contributed by atoms with Crippen molar-refractivity contribution < 1.29 is 23.5 Å². The molecule has 0 aliphatic heterocycles. The highest BCUT2D eigenvalue weighted by atomic mass is 19.1. The first-order chi connectivity index (χ1) is 12.5. The zero-order valence-corrected chi connectivity index (χ0v) is 14.4. The first-order valence-corrected chi connectivity index (χ1v) is 8.59. The molecular formula is C19H21FN2O4. The molecule has 1 amide bonds. The maximum atomic E-state index is 13.8. The smallest absolute Gasteiger partial charge is 0.317 e. The predicted molar refractivity (Wildman–Crippen MR) is 93.3 cm³/mol. The molecule has 1 heterocycles. The minimum absolute atomic E-state index is 0.00597. The van der Waals surface area contributed by atoms with E-state index in [1.54, 1.807) is 24.3 Å². The van der Waals surface area contributed by atoms with Gasteiger partial charge in [0.25, 0.3) is 5.91 Å². The molecule has 2 N–H and O–H groups in total. The normalized spacial score (nSPS) is 19.2. The number of nitrogens with zero attached hydrogens (tertiary/aromatic N) is 1. The highest BCUT2D eigenvalue weighted by Gasteiger charge is 2.35. The molecule has 0 atom stereocenters. The van der Waals surface area contributed by atoms with Crippen LogP contribution in [0.4, 0.5) is 4.39 Å². The summed E-state index contributed by atoms with van der Waals surface area (Å²) in [6, 6.07) is 9.46. The Hall–Kier alpha value is -2.67. The molecule has 1 aliphatic rings. The van der Waals surface area contributed by atoms with Crippen LogP contribution in [0.1, 0.15) is 30.3 Å². The lowest BCUT2D eigenvalue weighted by Gasteiger charge is -2.42. The van der Waals surface area contributed by atoms with Crippen molar-refractivity contribution in [3.8, 4) is 11.3 Å². The fourth-order valence-electron chi connectivity index (χ4n) is 3.20. The number of hydrogen-bond donors (Lipinski definition) is 2. The molecule has 0 saturated heterocycles. The van der Waals surface area contributed by atoms with Crippen molar-refractivity contribution >= 4 is 11.9 Å². The summed E-state index contributed by atoms with van der Waals surface area (Å²) in [6.45, 7) is 2.58. The highest BCUT2D eigenvalue weighted by molar-refractivity contribution is 5.92. The number of rotatable bonds is 7. The second-order valence-electron chi connectivity index (χ2n) is 6.40.